The van der Waals surface area contributed by atoms with Crippen molar-refractivity contribution in [1.29, 1.82) is 0 Å². The lowest BCUT2D eigenvalue weighted by Gasteiger charge is -2.07. The summed E-state index contributed by atoms with van der Waals surface area (Å²) in [5, 5.41) is 4.20. The van der Waals surface area contributed by atoms with E-state index in [4.69, 9.17) is 5.73 Å². The fraction of sp³-hybridized carbons (Fsp3) is 0.0833. The van der Waals surface area contributed by atoms with E-state index in [0.717, 1.165) is 22.4 Å². The number of nitrogens with two attached hydrogens (primary N) is 1. The highest BCUT2D eigenvalue weighted by Crippen LogP contribution is 2.21. The number of nitrogens with zero attached hydrogens (tertiary/aromatic N) is 3. The average Bonchev–Trinajstić information content (AvgIpc) is 2.89. The summed E-state index contributed by atoms with van der Waals surface area (Å²) in [5.41, 5.74) is 8.25. The topological polar surface area (TPSA) is 92.5 Å². The molecule has 0 unspecified atom stereocenters. The Morgan fingerprint density at radius 3 is 3.06 bits per heavy atom. The zero-order valence-electron chi connectivity index (χ0n) is 9.59. The van der Waals surface area contributed by atoms with Crippen LogP contribution in [0.2, 0.25) is 0 Å². The Bertz CT molecular complexity index is 661. The third-order valence-electron chi connectivity index (χ3n) is 2.66. The summed E-state index contributed by atoms with van der Waals surface area (Å²) in [6.07, 6.45) is 4.95. The summed E-state index contributed by atoms with van der Waals surface area (Å²) in [6.45, 7) is 0.635. The van der Waals surface area contributed by atoms with Crippen molar-refractivity contribution in [2.24, 2.45) is 0 Å². The zero-order chi connectivity index (χ0) is 12.4. The first-order valence-corrected chi connectivity index (χ1v) is 5.54. The summed E-state index contributed by atoms with van der Waals surface area (Å²) in [7, 11) is 0. The third-order valence-corrected chi connectivity index (χ3v) is 2.66. The van der Waals surface area contributed by atoms with Crippen molar-refractivity contribution >= 4 is 22.4 Å². The fourth-order valence-electron chi connectivity index (χ4n) is 1.78. The first-order valence-electron chi connectivity index (χ1n) is 5.54. The van der Waals surface area contributed by atoms with Crippen LogP contribution in [0.3, 0.4) is 0 Å². The molecule has 90 valence electrons. The van der Waals surface area contributed by atoms with Gasteiger partial charge >= 0.3 is 0 Å². The minimum absolute atomic E-state index is 0.635. The van der Waals surface area contributed by atoms with Crippen LogP contribution in [0.25, 0.3) is 10.9 Å². The van der Waals surface area contributed by atoms with Gasteiger partial charge < -0.3 is 16.0 Å². The number of hydrogen-bond acceptors (Lipinski definition) is 5. The molecule has 6 nitrogen and oxygen atoms in total. The second kappa shape index (κ2) is 4.33. The highest BCUT2D eigenvalue weighted by Gasteiger charge is 2.03. The third kappa shape index (κ3) is 1.95. The smallest absolute Gasteiger partial charge is 0.137 e. The first kappa shape index (κ1) is 10.5. The second-order valence-corrected chi connectivity index (χ2v) is 3.93. The Labute approximate surface area is 103 Å². The Morgan fingerprint density at radius 1 is 1.28 bits per heavy atom. The van der Waals surface area contributed by atoms with Crippen LogP contribution in [-0.2, 0) is 6.54 Å². The van der Waals surface area contributed by atoms with E-state index < -0.39 is 0 Å². The van der Waals surface area contributed by atoms with E-state index in [9.17, 15) is 0 Å². The molecule has 2 aromatic heterocycles. The molecule has 3 aromatic rings. The minimum atomic E-state index is 0.635. The normalized spacial score (nSPS) is 10.7. The maximum atomic E-state index is 5.73. The lowest BCUT2D eigenvalue weighted by molar-refractivity contribution is 1.05. The molecule has 18 heavy (non-hydrogen) atoms. The van der Waals surface area contributed by atoms with Crippen LogP contribution in [0.4, 0.5) is 11.5 Å². The van der Waals surface area contributed by atoms with E-state index >= 15 is 0 Å². The van der Waals surface area contributed by atoms with E-state index in [1.807, 2.05) is 18.2 Å². The molecular formula is C12H12N6. The molecule has 0 fully saturated rings. The van der Waals surface area contributed by atoms with Crippen LogP contribution >= 0.6 is 0 Å². The van der Waals surface area contributed by atoms with E-state index in [2.05, 4.69) is 25.3 Å². The molecule has 0 amide bonds. The molecule has 1 aromatic carbocycles. The number of rotatable bonds is 3. The number of benzene rings is 1. The van der Waals surface area contributed by atoms with Gasteiger partial charge in [-0.15, -0.1) is 0 Å². The molecule has 0 atom stereocenters. The predicted octanol–water partition coefficient (Wildman–Crippen LogP) is 1.55. The standard InChI is InChI=1S/C12H12N6/c13-8-1-2-10-11(3-8)17-7-18-12(10)15-5-9-4-14-6-16-9/h1-4,6-7H,5,13H2,(H,14,16)(H,15,17,18). The average molecular weight is 240 g/mol. The van der Waals surface area contributed by atoms with Gasteiger partial charge in [-0.1, -0.05) is 0 Å². The Morgan fingerprint density at radius 2 is 2.22 bits per heavy atom. The quantitative estimate of drug-likeness (QED) is 0.604. The number of hydrogen-bond donors (Lipinski definition) is 3. The molecule has 2 heterocycles. The van der Waals surface area contributed by atoms with Crippen LogP contribution in [0.5, 0.6) is 0 Å². The van der Waals surface area contributed by atoms with Crippen molar-refractivity contribution in [3.8, 4) is 0 Å². The van der Waals surface area contributed by atoms with Gasteiger partial charge in [0.15, 0.2) is 0 Å². The SMILES string of the molecule is Nc1ccc2c(NCc3cnc[nH]3)ncnc2c1. The van der Waals surface area contributed by atoms with Gasteiger partial charge in [-0.3, -0.25) is 0 Å². The molecule has 6 heteroatoms. The molecule has 0 saturated carbocycles. The van der Waals surface area contributed by atoms with Gasteiger partial charge in [0, 0.05) is 17.3 Å². The molecule has 0 radical (unpaired) electrons. The first-order chi connectivity index (χ1) is 8.83. The van der Waals surface area contributed by atoms with E-state index in [1.54, 1.807) is 12.5 Å². The monoisotopic (exact) mass is 240 g/mol. The van der Waals surface area contributed by atoms with E-state index in [1.165, 1.54) is 6.33 Å². The molecule has 0 spiro atoms. The maximum absolute atomic E-state index is 5.73. The lowest BCUT2D eigenvalue weighted by Crippen LogP contribution is -2.02. The van der Waals surface area contributed by atoms with Crippen LogP contribution in [0, 0.1) is 0 Å². The molecule has 0 saturated heterocycles. The van der Waals surface area contributed by atoms with Gasteiger partial charge in [0.2, 0.25) is 0 Å². The number of aromatic nitrogens is 4. The summed E-state index contributed by atoms with van der Waals surface area (Å²) in [6, 6.07) is 5.59. The van der Waals surface area contributed by atoms with Crippen LogP contribution in [0.15, 0.2) is 37.1 Å². The second-order valence-electron chi connectivity index (χ2n) is 3.93. The predicted molar refractivity (Wildman–Crippen MR) is 69.9 cm³/mol. The van der Waals surface area contributed by atoms with Crippen molar-refractivity contribution in [3.63, 3.8) is 0 Å². The maximum Gasteiger partial charge on any atom is 0.137 e. The molecule has 4 N–H and O–H groups in total. The number of nitrogens with one attached hydrogen (secondary N) is 2. The summed E-state index contributed by atoms with van der Waals surface area (Å²) < 4.78 is 0. The van der Waals surface area contributed by atoms with E-state index in [0.29, 0.717) is 12.2 Å². The summed E-state index contributed by atoms with van der Waals surface area (Å²) >= 11 is 0. The lowest BCUT2D eigenvalue weighted by atomic mass is 10.2. The van der Waals surface area contributed by atoms with Gasteiger partial charge in [-0.2, -0.15) is 0 Å². The molecule has 0 aliphatic carbocycles. The van der Waals surface area contributed by atoms with E-state index in [-0.39, 0.29) is 0 Å². The number of H-pyrrole nitrogens is 1. The van der Waals surface area contributed by atoms with Crippen molar-refractivity contribution in [2.75, 3.05) is 11.1 Å². The number of imidazole rings is 1. The highest BCUT2D eigenvalue weighted by atomic mass is 15.0. The van der Waals surface area contributed by atoms with Crippen molar-refractivity contribution in [2.45, 2.75) is 6.54 Å². The number of fused-ring (bicyclic) bond motifs is 1. The largest absolute Gasteiger partial charge is 0.399 e. The van der Waals surface area contributed by atoms with Gasteiger partial charge in [0.1, 0.15) is 12.1 Å². The zero-order valence-corrected chi connectivity index (χ0v) is 9.59. The van der Waals surface area contributed by atoms with Crippen molar-refractivity contribution < 1.29 is 0 Å². The van der Waals surface area contributed by atoms with Gasteiger partial charge in [0.05, 0.1) is 24.1 Å². The molecule has 0 bridgehead atoms. The summed E-state index contributed by atoms with van der Waals surface area (Å²) in [4.78, 5) is 15.4. The molecule has 3 rings (SSSR count). The molecular weight excluding hydrogens is 228 g/mol. The molecule has 0 aliphatic rings. The van der Waals surface area contributed by atoms with Gasteiger partial charge in [-0.05, 0) is 18.2 Å². The minimum Gasteiger partial charge on any atom is -0.399 e. The Balaban J connectivity index is 1.92. The Kier molecular flexibility index (Phi) is 2.53. The number of anilines is 2. The van der Waals surface area contributed by atoms with Crippen LogP contribution in [0.1, 0.15) is 5.69 Å². The highest BCUT2D eigenvalue weighted by molar-refractivity contribution is 5.90. The van der Waals surface area contributed by atoms with Crippen LogP contribution in [-0.4, -0.2) is 19.9 Å². The Hall–Kier alpha value is -2.63. The van der Waals surface area contributed by atoms with Crippen LogP contribution < -0.4 is 11.1 Å². The fourth-order valence-corrected chi connectivity index (χ4v) is 1.78. The summed E-state index contributed by atoms with van der Waals surface area (Å²) in [5.74, 6) is 0.787. The van der Waals surface area contributed by atoms with Crippen molar-refractivity contribution in [3.05, 3.63) is 42.7 Å². The number of nitrogen functional groups attached to an aromatic ring is 1. The van der Waals surface area contributed by atoms with Gasteiger partial charge in [-0.25, -0.2) is 15.0 Å². The molecule has 0 aliphatic heterocycles. The van der Waals surface area contributed by atoms with Gasteiger partial charge in [0.25, 0.3) is 0 Å². The van der Waals surface area contributed by atoms with Crippen molar-refractivity contribution in [1.82, 2.24) is 19.9 Å². The number of aromatic amines is 1.